The summed E-state index contributed by atoms with van der Waals surface area (Å²) in [5.41, 5.74) is -1.16. The number of unbranched alkanes of at least 4 members (excludes halogenated alkanes) is 2. The minimum Gasteiger partial charge on any atom is -0.480 e. The molecule has 0 radical (unpaired) electrons. The molecule has 0 fully saturated rings. The lowest BCUT2D eigenvalue weighted by Crippen LogP contribution is -2.61. The van der Waals surface area contributed by atoms with Gasteiger partial charge in [-0.2, -0.15) is 25.3 Å². The first-order valence-electron chi connectivity index (χ1n) is 11.3. The summed E-state index contributed by atoms with van der Waals surface area (Å²) in [6.07, 6.45) is 8.41. The highest BCUT2D eigenvalue weighted by atomic mass is 32.1. The van der Waals surface area contributed by atoms with Crippen LogP contribution in [0.3, 0.4) is 0 Å². The van der Waals surface area contributed by atoms with Crippen LogP contribution in [0, 0.1) is 17.3 Å². The van der Waals surface area contributed by atoms with Crippen LogP contribution in [0.5, 0.6) is 0 Å². The number of rotatable bonds is 16. The van der Waals surface area contributed by atoms with E-state index in [1.165, 1.54) is 0 Å². The normalized spacial score (nSPS) is 18.5. The molecule has 0 spiro atoms. The summed E-state index contributed by atoms with van der Waals surface area (Å²) >= 11 is 9.42. The molecular formula is C23H44O4S2. The zero-order valence-corrected chi connectivity index (χ0v) is 21.1. The monoisotopic (exact) mass is 448 g/mol. The Morgan fingerprint density at radius 2 is 1.07 bits per heavy atom. The second kappa shape index (κ2) is 12.5. The first kappa shape index (κ1) is 28.6. The zero-order valence-electron chi connectivity index (χ0n) is 19.3. The van der Waals surface area contributed by atoms with Gasteiger partial charge in [0.05, 0.1) is 0 Å². The number of carboxylic acid groups (broad SMARTS) is 2. The average Bonchev–Trinajstić information content (AvgIpc) is 2.67. The fraction of sp³-hybridized carbons (Fsp3) is 0.913. The van der Waals surface area contributed by atoms with Crippen LogP contribution in [0.4, 0.5) is 0 Å². The van der Waals surface area contributed by atoms with Crippen molar-refractivity contribution < 1.29 is 19.8 Å². The highest BCUT2D eigenvalue weighted by molar-refractivity contribution is 7.84. The minimum absolute atomic E-state index is 0.191. The van der Waals surface area contributed by atoms with Crippen molar-refractivity contribution in [2.24, 2.45) is 17.3 Å². The molecule has 0 aromatic rings. The van der Waals surface area contributed by atoms with E-state index in [1.54, 1.807) is 13.8 Å². The molecule has 4 nitrogen and oxygen atoms in total. The number of hydrogen-bond donors (Lipinski definition) is 4. The van der Waals surface area contributed by atoms with Crippen molar-refractivity contribution in [3.05, 3.63) is 0 Å². The number of thiol groups is 2. The van der Waals surface area contributed by atoms with Gasteiger partial charge >= 0.3 is 11.9 Å². The second-order valence-corrected chi connectivity index (χ2v) is 10.7. The summed E-state index contributed by atoms with van der Waals surface area (Å²) in [4.78, 5) is 25.0. The molecule has 0 saturated carbocycles. The van der Waals surface area contributed by atoms with Gasteiger partial charge in [0, 0.05) is 5.41 Å². The fourth-order valence-corrected chi connectivity index (χ4v) is 5.27. The van der Waals surface area contributed by atoms with E-state index in [2.05, 4.69) is 27.7 Å². The van der Waals surface area contributed by atoms with Crippen molar-refractivity contribution in [3.8, 4) is 0 Å². The van der Waals surface area contributed by atoms with E-state index in [1.807, 2.05) is 0 Å². The first-order valence-corrected chi connectivity index (χ1v) is 12.2. The molecule has 0 aliphatic carbocycles. The third-order valence-corrected chi connectivity index (χ3v) is 8.90. The molecule has 0 aliphatic rings. The van der Waals surface area contributed by atoms with Gasteiger partial charge in [0.15, 0.2) is 0 Å². The summed E-state index contributed by atoms with van der Waals surface area (Å²) in [5, 5.41) is 20.4. The standard InChI is InChI=1S/C23H44O4S2/c1-7-11-13-17(9-3)15-22(28,19(24)25)21(5,6)23(29,20(26)27)16-18(10-4)14-12-8-2/h17-18,28-29H,7-16H2,1-6H3,(H,24,25)(H,26,27). The molecule has 29 heavy (non-hydrogen) atoms. The molecule has 4 unspecified atom stereocenters. The molecule has 0 rings (SSSR count). The Hall–Kier alpha value is -0.360. The van der Waals surface area contributed by atoms with E-state index in [4.69, 9.17) is 25.3 Å². The lowest BCUT2D eigenvalue weighted by Gasteiger charge is -2.51. The maximum atomic E-state index is 12.5. The fourth-order valence-electron chi connectivity index (χ4n) is 4.28. The third-order valence-electron chi connectivity index (χ3n) is 7.03. The largest absolute Gasteiger partial charge is 0.480 e. The number of carbonyl (C=O) groups is 2. The first-order chi connectivity index (χ1) is 13.4. The summed E-state index contributed by atoms with van der Waals surface area (Å²) in [6, 6.07) is 0. The summed E-state index contributed by atoms with van der Waals surface area (Å²) in [7, 11) is 0. The van der Waals surface area contributed by atoms with Gasteiger partial charge in [-0.05, 0) is 24.7 Å². The maximum absolute atomic E-state index is 12.5. The molecule has 4 atom stereocenters. The van der Waals surface area contributed by atoms with Crippen molar-refractivity contribution in [2.75, 3.05) is 0 Å². The van der Waals surface area contributed by atoms with Crippen LogP contribution in [-0.2, 0) is 9.59 Å². The molecule has 172 valence electrons. The second-order valence-electron chi connectivity index (χ2n) is 9.20. The topological polar surface area (TPSA) is 74.6 Å². The molecule has 2 N–H and O–H groups in total. The van der Waals surface area contributed by atoms with Crippen molar-refractivity contribution in [3.63, 3.8) is 0 Å². The Labute approximate surface area is 189 Å². The Balaban J connectivity index is 6.08. The highest BCUT2D eigenvalue weighted by Crippen LogP contribution is 2.54. The molecule has 6 heteroatoms. The molecule has 0 amide bonds. The highest BCUT2D eigenvalue weighted by Gasteiger charge is 2.62. The summed E-state index contributed by atoms with van der Waals surface area (Å²) in [5.74, 6) is -1.73. The Kier molecular flexibility index (Phi) is 12.3. The number of aliphatic carboxylic acids is 2. The lowest BCUT2D eigenvalue weighted by atomic mass is 9.62. The molecule has 0 saturated heterocycles. The van der Waals surface area contributed by atoms with E-state index >= 15 is 0 Å². The van der Waals surface area contributed by atoms with Crippen molar-refractivity contribution in [2.45, 2.75) is 115 Å². The molecular weight excluding hydrogens is 404 g/mol. The van der Waals surface area contributed by atoms with Gasteiger partial charge in [0.25, 0.3) is 0 Å². The van der Waals surface area contributed by atoms with E-state index in [9.17, 15) is 19.8 Å². The van der Waals surface area contributed by atoms with Crippen LogP contribution in [0.2, 0.25) is 0 Å². The van der Waals surface area contributed by atoms with Crippen molar-refractivity contribution in [1.82, 2.24) is 0 Å². The molecule has 0 aromatic carbocycles. The van der Waals surface area contributed by atoms with Crippen LogP contribution in [0.15, 0.2) is 0 Å². The number of hydrogen-bond acceptors (Lipinski definition) is 4. The van der Waals surface area contributed by atoms with Crippen molar-refractivity contribution in [1.29, 1.82) is 0 Å². The van der Waals surface area contributed by atoms with Gasteiger partial charge in [-0.1, -0.05) is 92.9 Å². The van der Waals surface area contributed by atoms with Gasteiger partial charge in [-0.25, -0.2) is 0 Å². The van der Waals surface area contributed by atoms with E-state index in [-0.39, 0.29) is 11.8 Å². The summed E-state index contributed by atoms with van der Waals surface area (Å²) in [6.45, 7) is 11.8. The van der Waals surface area contributed by atoms with Gasteiger partial charge in [0.1, 0.15) is 9.49 Å². The molecule has 0 aliphatic heterocycles. The van der Waals surface area contributed by atoms with Crippen LogP contribution >= 0.6 is 25.3 Å². The van der Waals surface area contributed by atoms with E-state index < -0.39 is 26.8 Å². The lowest BCUT2D eigenvalue weighted by molar-refractivity contribution is -0.151. The van der Waals surface area contributed by atoms with E-state index in [0.29, 0.717) is 12.8 Å². The molecule has 0 heterocycles. The third kappa shape index (κ3) is 6.81. The van der Waals surface area contributed by atoms with Gasteiger partial charge in [-0.3, -0.25) is 9.59 Å². The predicted molar refractivity (Wildman–Crippen MR) is 128 cm³/mol. The van der Waals surface area contributed by atoms with Gasteiger partial charge < -0.3 is 10.2 Å². The predicted octanol–water partition coefficient (Wildman–Crippen LogP) is 6.73. The maximum Gasteiger partial charge on any atom is 0.320 e. The van der Waals surface area contributed by atoms with Crippen LogP contribution in [0.1, 0.15) is 106 Å². The Bertz CT molecular complexity index is 479. The van der Waals surface area contributed by atoms with Crippen LogP contribution in [0.25, 0.3) is 0 Å². The smallest absolute Gasteiger partial charge is 0.320 e. The summed E-state index contributed by atoms with van der Waals surface area (Å²) < 4.78 is -2.96. The Morgan fingerprint density at radius 3 is 1.28 bits per heavy atom. The zero-order chi connectivity index (χ0) is 22.9. The Morgan fingerprint density at radius 1 is 0.759 bits per heavy atom. The van der Waals surface area contributed by atoms with Crippen LogP contribution in [-0.4, -0.2) is 31.6 Å². The van der Waals surface area contributed by atoms with Crippen molar-refractivity contribution >= 4 is 37.2 Å². The minimum atomic E-state index is -1.48. The van der Waals surface area contributed by atoms with Gasteiger partial charge in [-0.15, -0.1) is 0 Å². The van der Waals surface area contributed by atoms with E-state index in [0.717, 1.165) is 51.4 Å². The average molecular weight is 449 g/mol. The SMILES string of the molecule is CCCCC(CC)CC(S)(C(=O)O)C(C)(C)C(S)(CC(CC)CCCC)C(=O)O. The molecule has 0 aromatic heterocycles. The van der Waals surface area contributed by atoms with Crippen LogP contribution < -0.4 is 0 Å². The number of carboxylic acids is 2. The quantitative estimate of drug-likeness (QED) is 0.197. The molecule has 0 bridgehead atoms. The van der Waals surface area contributed by atoms with Gasteiger partial charge in [0.2, 0.25) is 0 Å².